The summed E-state index contributed by atoms with van der Waals surface area (Å²) in [5.41, 5.74) is 1.93. The number of ketones is 1. The molecule has 0 atom stereocenters. The second kappa shape index (κ2) is 6.68. The third-order valence-electron chi connectivity index (χ3n) is 3.34. The number of carbonyl (C=O) groups excluding carboxylic acids is 1. The lowest BCUT2D eigenvalue weighted by atomic mass is 10.1. The van der Waals surface area contributed by atoms with Crippen LogP contribution in [0.1, 0.15) is 21.8 Å². The Labute approximate surface area is 142 Å². The molecule has 0 aliphatic heterocycles. The van der Waals surface area contributed by atoms with Gasteiger partial charge >= 0.3 is 5.76 Å². The molecule has 0 amide bonds. The van der Waals surface area contributed by atoms with E-state index in [0.29, 0.717) is 16.3 Å². The number of benzene rings is 2. The first kappa shape index (κ1) is 16.0. The van der Waals surface area contributed by atoms with Gasteiger partial charge in [-0.25, -0.2) is 4.79 Å². The molecule has 0 saturated carbocycles. The number of halogens is 1. The van der Waals surface area contributed by atoms with Gasteiger partial charge in [0.25, 0.3) is 0 Å². The molecule has 0 unspecified atom stereocenters. The highest BCUT2D eigenvalue weighted by Gasteiger charge is 2.08. The van der Waals surface area contributed by atoms with E-state index in [2.05, 4.69) is 5.10 Å². The maximum absolute atomic E-state index is 12.2. The van der Waals surface area contributed by atoms with Crippen LogP contribution in [0.5, 0.6) is 0 Å². The summed E-state index contributed by atoms with van der Waals surface area (Å²) in [5.74, 6) is -0.416. The summed E-state index contributed by atoms with van der Waals surface area (Å²) in [6, 6.07) is 13.7. The van der Waals surface area contributed by atoms with Gasteiger partial charge in [-0.05, 0) is 48.0 Å². The Morgan fingerprint density at radius 1 is 1.12 bits per heavy atom. The molecule has 5 nitrogen and oxygen atoms in total. The van der Waals surface area contributed by atoms with Crippen molar-refractivity contribution >= 4 is 23.5 Å². The van der Waals surface area contributed by atoms with Crippen LogP contribution in [-0.4, -0.2) is 15.6 Å². The molecule has 0 saturated heterocycles. The molecule has 3 aromatic rings. The number of carbonyl (C=O) groups is 1. The Bertz CT molecular complexity index is 951. The zero-order valence-corrected chi connectivity index (χ0v) is 13.5. The van der Waals surface area contributed by atoms with Gasteiger partial charge < -0.3 is 4.42 Å². The number of aromatic nitrogens is 2. The summed E-state index contributed by atoms with van der Waals surface area (Å²) in [6.07, 6.45) is 3.21. The van der Waals surface area contributed by atoms with Gasteiger partial charge in [-0.15, -0.1) is 5.10 Å². The average molecular weight is 341 g/mol. The van der Waals surface area contributed by atoms with Crippen LogP contribution in [0.15, 0.2) is 63.8 Å². The first-order valence-electron chi connectivity index (χ1n) is 7.18. The lowest BCUT2D eigenvalue weighted by Crippen LogP contribution is -2.13. The van der Waals surface area contributed by atoms with Crippen LogP contribution in [0.25, 0.3) is 11.8 Å². The van der Waals surface area contributed by atoms with E-state index in [-0.39, 0.29) is 11.7 Å². The van der Waals surface area contributed by atoms with Crippen LogP contribution in [0.2, 0.25) is 5.02 Å². The van der Waals surface area contributed by atoms with Gasteiger partial charge in [-0.2, -0.15) is 4.68 Å². The molecule has 0 aliphatic carbocycles. The maximum Gasteiger partial charge on any atom is 0.441 e. The molecule has 120 valence electrons. The number of nitrogens with zero attached hydrogens (tertiary/aromatic N) is 2. The van der Waals surface area contributed by atoms with Crippen LogP contribution in [0, 0.1) is 6.92 Å². The van der Waals surface area contributed by atoms with Gasteiger partial charge in [-0.3, -0.25) is 4.79 Å². The van der Waals surface area contributed by atoms with Crippen molar-refractivity contribution < 1.29 is 9.21 Å². The van der Waals surface area contributed by atoms with Gasteiger partial charge in [0.1, 0.15) is 0 Å². The van der Waals surface area contributed by atoms with Gasteiger partial charge in [0.05, 0.1) is 5.69 Å². The first-order chi connectivity index (χ1) is 11.5. The fourth-order valence-electron chi connectivity index (χ4n) is 2.14. The largest absolute Gasteiger partial charge is 0.441 e. The molecular weight excluding hydrogens is 328 g/mol. The van der Waals surface area contributed by atoms with Gasteiger partial charge in [0.15, 0.2) is 5.78 Å². The van der Waals surface area contributed by atoms with Crippen LogP contribution < -0.4 is 5.76 Å². The zero-order valence-electron chi connectivity index (χ0n) is 12.8. The van der Waals surface area contributed by atoms with E-state index in [1.165, 1.54) is 6.08 Å². The monoisotopic (exact) mass is 340 g/mol. The summed E-state index contributed by atoms with van der Waals surface area (Å²) in [5, 5.41) is 4.61. The number of hydrogen-bond donors (Lipinski definition) is 0. The number of allylic oxidation sites excluding steroid dienone is 1. The van der Waals surface area contributed by atoms with E-state index in [1.54, 1.807) is 49.4 Å². The molecule has 1 aromatic heterocycles. The number of rotatable bonds is 4. The molecule has 1 heterocycles. The zero-order chi connectivity index (χ0) is 17.1. The first-order valence-corrected chi connectivity index (χ1v) is 7.56. The quantitative estimate of drug-likeness (QED) is 0.536. The highest BCUT2D eigenvalue weighted by Crippen LogP contribution is 2.12. The summed E-state index contributed by atoms with van der Waals surface area (Å²) >= 11 is 5.82. The van der Waals surface area contributed by atoms with Crippen molar-refractivity contribution in [3.05, 3.63) is 87.2 Å². The standard InChI is InChI=1S/C18H13ClN2O3/c1-12-20-21(18(23)24-12)16-9-5-14(6-10-16)17(22)11-4-13-2-7-15(19)8-3-13/h2-11H,1H3/b11-4+. The number of aryl methyl sites for hydroxylation is 1. The summed E-state index contributed by atoms with van der Waals surface area (Å²) in [7, 11) is 0. The number of hydrogen-bond acceptors (Lipinski definition) is 4. The Hall–Kier alpha value is -2.92. The van der Waals surface area contributed by atoms with Gasteiger partial charge in [0, 0.05) is 17.5 Å². The third-order valence-corrected chi connectivity index (χ3v) is 3.59. The summed E-state index contributed by atoms with van der Waals surface area (Å²) in [4.78, 5) is 23.8. The predicted molar refractivity (Wildman–Crippen MR) is 91.7 cm³/mol. The molecule has 0 radical (unpaired) electrons. The molecule has 3 rings (SSSR count). The second-order valence-corrected chi connectivity index (χ2v) is 5.53. The van der Waals surface area contributed by atoms with Crippen molar-refractivity contribution in [3.8, 4) is 5.69 Å². The molecule has 2 aromatic carbocycles. The normalized spacial score (nSPS) is 11.1. The fraction of sp³-hybridized carbons (Fsp3) is 0.0556. The van der Waals surface area contributed by atoms with E-state index < -0.39 is 5.76 Å². The van der Waals surface area contributed by atoms with E-state index >= 15 is 0 Å². The second-order valence-electron chi connectivity index (χ2n) is 5.09. The van der Waals surface area contributed by atoms with Crippen molar-refractivity contribution in [1.29, 1.82) is 0 Å². The van der Waals surface area contributed by atoms with Crippen molar-refractivity contribution in [2.75, 3.05) is 0 Å². The fourth-order valence-corrected chi connectivity index (χ4v) is 2.27. The lowest BCUT2D eigenvalue weighted by Gasteiger charge is -2.00. The van der Waals surface area contributed by atoms with Crippen LogP contribution in [-0.2, 0) is 0 Å². The molecule has 0 fully saturated rings. The molecule has 0 aliphatic rings. The summed E-state index contributed by atoms with van der Waals surface area (Å²) < 4.78 is 6.00. The maximum atomic E-state index is 12.2. The molecule has 0 bridgehead atoms. The minimum absolute atomic E-state index is 0.139. The highest BCUT2D eigenvalue weighted by atomic mass is 35.5. The van der Waals surface area contributed by atoms with Gasteiger partial charge in [0.2, 0.25) is 5.89 Å². The Balaban J connectivity index is 1.77. The van der Waals surface area contributed by atoms with Crippen LogP contribution >= 0.6 is 11.6 Å². The smallest absolute Gasteiger partial charge is 0.392 e. The van der Waals surface area contributed by atoms with E-state index in [9.17, 15) is 9.59 Å². The Kier molecular flexibility index (Phi) is 4.44. The molecule has 24 heavy (non-hydrogen) atoms. The Morgan fingerprint density at radius 3 is 2.38 bits per heavy atom. The Morgan fingerprint density at radius 2 is 1.79 bits per heavy atom. The minimum Gasteiger partial charge on any atom is -0.392 e. The van der Waals surface area contributed by atoms with E-state index in [1.807, 2.05) is 12.1 Å². The molecule has 6 heteroatoms. The minimum atomic E-state index is -0.561. The summed E-state index contributed by atoms with van der Waals surface area (Å²) in [6.45, 7) is 1.59. The molecule has 0 N–H and O–H groups in total. The third kappa shape index (κ3) is 3.52. The van der Waals surface area contributed by atoms with E-state index in [0.717, 1.165) is 10.2 Å². The van der Waals surface area contributed by atoms with Crippen molar-refractivity contribution in [2.45, 2.75) is 6.92 Å². The topological polar surface area (TPSA) is 65.1 Å². The van der Waals surface area contributed by atoms with Crippen LogP contribution in [0.3, 0.4) is 0 Å². The van der Waals surface area contributed by atoms with E-state index in [4.69, 9.17) is 16.0 Å². The predicted octanol–water partition coefficient (Wildman–Crippen LogP) is 3.68. The molecular formula is C18H13ClN2O3. The highest BCUT2D eigenvalue weighted by molar-refractivity contribution is 6.30. The average Bonchev–Trinajstić information content (AvgIpc) is 2.92. The van der Waals surface area contributed by atoms with Crippen LogP contribution in [0.4, 0.5) is 0 Å². The SMILES string of the molecule is Cc1nn(-c2ccc(C(=O)/C=C/c3ccc(Cl)cc3)cc2)c(=O)o1. The van der Waals surface area contributed by atoms with Crippen molar-refractivity contribution in [3.63, 3.8) is 0 Å². The van der Waals surface area contributed by atoms with Crippen molar-refractivity contribution in [2.24, 2.45) is 0 Å². The molecule has 0 spiro atoms. The van der Waals surface area contributed by atoms with Crippen molar-refractivity contribution in [1.82, 2.24) is 9.78 Å². The lowest BCUT2D eigenvalue weighted by molar-refractivity contribution is 0.104. The van der Waals surface area contributed by atoms with Gasteiger partial charge in [-0.1, -0.05) is 29.8 Å².